The fourth-order valence-corrected chi connectivity index (χ4v) is 2.71. The summed E-state index contributed by atoms with van der Waals surface area (Å²) in [6.07, 6.45) is 1.73. The van der Waals surface area contributed by atoms with Crippen LogP contribution in [0.25, 0.3) is 0 Å². The van der Waals surface area contributed by atoms with E-state index in [9.17, 15) is 9.90 Å². The van der Waals surface area contributed by atoms with Gasteiger partial charge in [0.25, 0.3) is 0 Å². The highest BCUT2D eigenvalue weighted by Gasteiger charge is 2.33. The van der Waals surface area contributed by atoms with Crippen molar-refractivity contribution in [3.8, 4) is 0 Å². The van der Waals surface area contributed by atoms with Crippen LogP contribution in [0, 0.1) is 0 Å². The Balaban J connectivity index is 2.16. The SMILES string of the molecule is CC(c1ccc(Br)cc1)N1CCCC1C(=O)O. The van der Waals surface area contributed by atoms with Crippen molar-refractivity contribution in [3.63, 3.8) is 0 Å². The molecule has 17 heavy (non-hydrogen) atoms. The van der Waals surface area contributed by atoms with Crippen LogP contribution in [0.15, 0.2) is 28.7 Å². The molecule has 2 unspecified atom stereocenters. The van der Waals surface area contributed by atoms with E-state index in [0.29, 0.717) is 0 Å². The Morgan fingerprint density at radius 2 is 2.12 bits per heavy atom. The molecule has 2 rings (SSSR count). The van der Waals surface area contributed by atoms with Gasteiger partial charge in [-0.3, -0.25) is 9.69 Å². The summed E-state index contributed by atoms with van der Waals surface area (Å²) >= 11 is 3.41. The highest BCUT2D eigenvalue weighted by atomic mass is 79.9. The van der Waals surface area contributed by atoms with Crippen molar-refractivity contribution in [1.29, 1.82) is 0 Å². The Morgan fingerprint density at radius 1 is 1.47 bits per heavy atom. The van der Waals surface area contributed by atoms with Gasteiger partial charge in [0.2, 0.25) is 0 Å². The zero-order valence-electron chi connectivity index (χ0n) is 9.77. The van der Waals surface area contributed by atoms with E-state index in [1.54, 1.807) is 0 Å². The molecule has 1 aliphatic rings. The van der Waals surface area contributed by atoms with Crippen LogP contribution in [0.4, 0.5) is 0 Å². The molecular weight excluding hydrogens is 282 g/mol. The predicted octanol–water partition coefficient (Wildman–Crippen LogP) is 3.06. The van der Waals surface area contributed by atoms with Crippen LogP contribution in [-0.2, 0) is 4.79 Å². The van der Waals surface area contributed by atoms with E-state index < -0.39 is 5.97 Å². The molecule has 1 N–H and O–H groups in total. The van der Waals surface area contributed by atoms with Gasteiger partial charge in [0.15, 0.2) is 0 Å². The zero-order chi connectivity index (χ0) is 12.4. The van der Waals surface area contributed by atoms with Crippen molar-refractivity contribution in [2.24, 2.45) is 0 Å². The summed E-state index contributed by atoms with van der Waals surface area (Å²) in [5.41, 5.74) is 1.17. The zero-order valence-corrected chi connectivity index (χ0v) is 11.4. The van der Waals surface area contributed by atoms with Crippen LogP contribution >= 0.6 is 15.9 Å². The summed E-state index contributed by atoms with van der Waals surface area (Å²) in [7, 11) is 0. The Kier molecular flexibility index (Phi) is 3.84. The van der Waals surface area contributed by atoms with Crippen LogP contribution < -0.4 is 0 Å². The first kappa shape index (κ1) is 12.6. The number of rotatable bonds is 3. The molecule has 0 spiro atoms. The van der Waals surface area contributed by atoms with Crippen LogP contribution in [0.3, 0.4) is 0 Å². The number of nitrogens with zero attached hydrogens (tertiary/aromatic N) is 1. The van der Waals surface area contributed by atoms with Crippen molar-refractivity contribution < 1.29 is 9.90 Å². The van der Waals surface area contributed by atoms with E-state index in [0.717, 1.165) is 23.9 Å². The molecule has 1 aromatic rings. The lowest BCUT2D eigenvalue weighted by atomic mass is 10.1. The molecule has 0 saturated carbocycles. The second kappa shape index (κ2) is 5.19. The van der Waals surface area contributed by atoms with Crippen LogP contribution in [0.5, 0.6) is 0 Å². The number of carbonyl (C=O) groups is 1. The number of carboxylic acid groups (broad SMARTS) is 1. The number of benzene rings is 1. The predicted molar refractivity (Wildman–Crippen MR) is 69.9 cm³/mol. The molecule has 1 heterocycles. The molecule has 0 radical (unpaired) electrons. The Labute approximate surface area is 110 Å². The van der Waals surface area contributed by atoms with E-state index in [1.165, 1.54) is 5.56 Å². The fraction of sp³-hybridized carbons (Fsp3) is 0.462. The minimum atomic E-state index is -0.702. The van der Waals surface area contributed by atoms with E-state index in [-0.39, 0.29) is 12.1 Å². The van der Waals surface area contributed by atoms with Gasteiger partial charge in [-0.2, -0.15) is 0 Å². The molecule has 1 aromatic carbocycles. The molecule has 92 valence electrons. The maximum atomic E-state index is 11.2. The van der Waals surface area contributed by atoms with Crippen molar-refractivity contribution in [3.05, 3.63) is 34.3 Å². The second-order valence-corrected chi connectivity index (χ2v) is 5.38. The lowest BCUT2D eigenvalue weighted by molar-refractivity contribution is -0.142. The van der Waals surface area contributed by atoms with Gasteiger partial charge in [0.1, 0.15) is 6.04 Å². The van der Waals surface area contributed by atoms with Gasteiger partial charge < -0.3 is 5.11 Å². The Morgan fingerprint density at radius 3 is 2.71 bits per heavy atom. The summed E-state index contributed by atoms with van der Waals surface area (Å²) in [5.74, 6) is -0.702. The molecule has 4 heteroatoms. The van der Waals surface area contributed by atoms with E-state index in [4.69, 9.17) is 0 Å². The van der Waals surface area contributed by atoms with Gasteiger partial charge in [-0.25, -0.2) is 0 Å². The second-order valence-electron chi connectivity index (χ2n) is 4.46. The normalized spacial score (nSPS) is 22.6. The molecule has 1 saturated heterocycles. The lowest BCUT2D eigenvalue weighted by Crippen LogP contribution is -2.37. The average molecular weight is 298 g/mol. The quantitative estimate of drug-likeness (QED) is 0.932. The molecule has 0 aromatic heterocycles. The Bertz CT molecular complexity index is 404. The van der Waals surface area contributed by atoms with E-state index in [1.807, 2.05) is 24.3 Å². The molecule has 0 bridgehead atoms. The van der Waals surface area contributed by atoms with Crippen molar-refractivity contribution >= 4 is 21.9 Å². The first-order valence-electron chi connectivity index (χ1n) is 5.83. The van der Waals surface area contributed by atoms with Crippen molar-refractivity contribution in [1.82, 2.24) is 4.90 Å². The van der Waals surface area contributed by atoms with Gasteiger partial charge in [-0.05, 0) is 44.0 Å². The molecule has 0 aliphatic carbocycles. The molecule has 1 aliphatic heterocycles. The van der Waals surface area contributed by atoms with Crippen LogP contribution in [-0.4, -0.2) is 28.6 Å². The third kappa shape index (κ3) is 2.69. The number of hydrogen-bond acceptors (Lipinski definition) is 2. The molecular formula is C13H16BrNO2. The van der Waals surface area contributed by atoms with E-state index in [2.05, 4.69) is 27.8 Å². The summed E-state index contributed by atoms with van der Waals surface area (Å²) in [6, 6.07) is 7.92. The molecule has 2 atom stereocenters. The highest BCUT2D eigenvalue weighted by molar-refractivity contribution is 9.10. The summed E-state index contributed by atoms with van der Waals surface area (Å²) in [5, 5.41) is 9.17. The third-order valence-corrected chi connectivity index (χ3v) is 3.96. The number of halogens is 1. The van der Waals surface area contributed by atoms with Gasteiger partial charge in [-0.1, -0.05) is 28.1 Å². The lowest BCUT2D eigenvalue weighted by Gasteiger charge is -2.28. The van der Waals surface area contributed by atoms with Crippen LogP contribution in [0.2, 0.25) is 0 Å². The largest absolute Gasteiger partial charge is 0.480 e. The van der Waals surface area contributed by atoms with Crippen molar-refractivity contribution in [2.45, 2.75) is 31.8 Å². The summed E-state index contributed by atoms with van der Waals surface area (Å²) < 4.78 is 1.05. The number of likely N-dealkylation sites (tertiary alicyclic amines) is 1. The van der Waals surface area contributed by atoms with Gasteiger partial charge in [-0.15, -0.1) is 0 Å². The Hall–Kier alpha value is -0.870. The van der Waals surface area contributed by atoms with Gasteiger partial charge in [0, 0.05) is 10.5 Å². The van der Waals surface area contributed by atoms with Gasteiger partial charge in [0.05, 0.1) is 0 Å². The maximum absolute atomic E-state index is 11.2. The first-order chi connectivity index (χ1) is 8.09. The smallest absolute Gasteiger partial charge is 0.320 e. The number of hydrogen-bond donors (Lipinski definition) is 1. The fourth-order valence-electron chi connectivity index (χ4n) is 2.45. The maximum Gasteiger partial charge on any atom is 0.320 e. The van der Waals surface area contributed by atoms with Crippen LogP contribution in [0.1, 0.15) is 31.4 Å². The molecule has 1 fully saturated rings. The number of carboxylic acids is 1. The number of aliphatic carboxylic acids is 1. The highest BCUT2D eigenvalue weighted by Crippen LogP contribution is 2.29. The van der Waals surface area contributed by atoms with Gasteiger partial charge >= 0.3 is 5.97 Å². The monoisotopic (exact) mass is 297 g/mol. The molecule has 0 amide bonds. The minimum Gasteiger partial charge on any atom is -0.480 e. The summed E-state index contributed by atoms with van der Waals surface area (Å²) in [4.78, 5) is 13.2. The molecule has 3 nitrogen and oxygen atoms in total. The third-order valence-electron chi connectivity index (χ3n) is 3.43. The van der Waals surface area contributed by atoms with Crippen molar-refractivity contribution in [2.75, 3.05) is 6.54 Å². The topological polar surface area (TPSA) is 40.5 Å². The van der Waals surface area contributed by atoms with E-state index >= 15 is 0 Å². The standard InChI is InChI=1S/C13H16BrNO2/c1-9(10-4-6-11(14)7-5-10)15-8-2-3-12(15)13(16)17/h4-7,9,12H,2-3,8H2,1H3,(H,16,17). The average Bonchev–Trinajstić information content (AvgIpc) is 2.78. The minimum absolute atomic E-state index is 0.159. The first-order valence-corrected chi connectivity index (χ1v) is 6.63. The summed E-state index contributed by atoms with van der Waals surface area (Å²) in [6.45, 7) is 2.94.